The number of nitrogens with zero attached hydrogens (tertiary/aromatic N) is 2. The first-order chi connectivity index (χ1) is 14.2. The molecule has 7 heteroatoms. The van der Waals surface area contributed by atoms with Crippen molar-refractivity contribution in [3.8, 4) is 11.1 Å². The van der Waals surface area contributed by atoms with Crippen LogP contribution in [0.1, 0.15) is 10.5 Å². The number of aromatic amines is 1. The van der Waals surface area contributed by atoms with E-state index in [0.29, 0.717) is 11.6 Å². The van der Waals surface area contributed by atoms with E-state index in [4.69, 9.17) is 0 Å². The van der Waals surface area contributed by atoms with Crippen LogP contribution in [-0.2, 0) is 0 Å². The molecular weight excluding hydrogens is 366 g/mol. The third kappa shape index (κ3) is 4.54. The maximum atomic E-state index is 12.3. The fourth-order valence-electron chi connectivity index (χ4n) is 2.79. The van der Waals surface area contributed by atoms with Gasteiger partial charge in [-0.05, 0) is 53.6 Å². The van der Waals surface area contributed by atoms with Crippen LogP contribution in [0.15, 0.2) is 90.0 Å². The lowest BCUT2D eigenvalue weighted by Gasteiger charge is -2.09. The molecule has 0 unspecified atom stereocenters. The lowest BCUT2D eigenvalue weighted by atomic mass is 10.1. The Hall–Kier alpha value is -4.26. The number of para-hydroxylation sites is 1. The van der Waals surface area contributed by atoms with Gasteiger partial charge in [-0.1, -0.05) is 24.3 Å². The van der Waals surface area contributed by atoms with Crippen molar-refractivity contribution < 1.29 is 4.79 Å². The van der Waals surface area contributed by atoms with E-state index in [9.17, 15) is 9.59 Å². The number of amides is 1. The average Bonchev–Trinajstić information content (AvgIpc) is 2.75. The SMILES string of the molecule is O=C(Nc1cc(-c2ccnc(Nc3ccccc3)c2)ccn1)c1cccc(=O)[nH]1. The zero-order valence-electron chi connectivity index (χ0n) is 15.3. The van der Waals surface area contributed by atoms with E-state index in [1.807, 2.05) is 48.5 Å². The molecule has 0 aliphatic carbocycles. The van der Waals surface area contributed by atoms with Gasteiger partial charge in [0, 0.05) is 24.1 Å². The molecule has 0 saturated carbocycles. The molecule has 1 amide bonds. The van der Waals surface area contributed by atoms with Crippen LogP contribution < -0.4 is 16.2 Å². The van der Waals surface area contributed by atoms with Gasteiger partial charge in [0.15, 0.2) is 0 Å². The summed E-state index contributed by atoms with van der Waals surface area (Å²) in [7, 11) is 0. The smallest absolute Gasteiger partial charge is 0.273 e. The largest absolute Gasteiger partial charge is 0.340 e. The summed E-state index contributed by atoms with van der Waals surface area (Å²) in [5.74, 6) is 0.651. The van der Waals surface area contributed by atoms with Crippen LogP contribution in [0.5, 0.6) is 0 Å². The maximum absolute atomic E-state index is 12.3. The number of carbonyl (C=O) groups excluding carboxylic acids is 1. The summed E-state index contributed by atoms with van der Waals surface area (Å²) in [6, 6.07) is 21.6. The Balaban J connectivity index is 1.55. The van der Waals surface area contributed by atoms with Crippen molar-refractivity contribution in [2.75, 3.05) is 10.6 Å². The van der Waals surface area contributed by atoms with Crippen LogP contribution >= 0.6 is 0 Å². The van der Waals surface area contributed by atoms with Crippen molar-refractivity contribution in [2.24, 2.45) is 0 Å². The van der Waals surface area contributed by atoms with E-state index < -0.39 is 5.91 Å². The normalized spacial score (nSPS) is 10.3. The lowest BCUT2D eigenvalue weighted by Crippen LogP contribution is -2.18. The van der Waals surface area contributed by atoms with Gasteiger partial charge in [-0.3, -0.25) is 9.59 Å². The van der Waals surface area contributed by atoms with E-state index in [1.54, 1.807) is 18.5 Å². The average molecular weight is 383 g/mol. The highest BCUT2D eigenvalue weighted by Crippen LogP contribution is 2.24. The molecule has 4 aromatic rings. The Morgan fingerprint density at radius 2 is 1.48 bits per heavy atom. The van der Waals surface area contributed by atoms with Crippen LogP contribution in [0, 0.1) is 0 Å². The quantitative estimate of drug-likeness (QED) is 0.486. The molecule has 4 rings (SSSR count). The minimum atomic E-state index is -0.437. The summed E-state index contributed by atoms with van der Waals surface area (Å²) in [6.07, 6.45) is 3.33. The molecule has 0 spiro atoms. The summed E-state index contributed by atoms with van der Waals surface area (Å²) in [5, 5.41) is 5.96. The molecule has 0 radical (unpaired) electrons. The van der Waals surface area contributed by atoms with Crippen LogP contribution in [0.2, 0.25) is 0 Å². The van der Waals surface area contributed by atoms with Crippen LogP contribution in [0.25, 0.3) is 11.1 Å². The number of benzene rings is 1. The van der Waals surface area contributed by atoms with Crippen LogP contribution in [0.3, 0.4) is 0 Å². The van der Waals surface area contributed by atoms with E-state index in [-0.39, 0.29) is 11.3 Å². The number of aromatic nitrogens is 3. The molecule has 0 saturated heterocycles. The van der Waals surface area contributed by atoms with E-state index in [0.717, 1.165) is 16.8 Å². The third-order valence-electron chi connectivity index (χ3n) is 4.15. The Morgan fingerprint density at radius 1 is 0.793 bits per heavy atom. The molecule has 142 valence electrons. The highest BCUT2D eigenvalue weighted by atomic mass is 16.2. The molecule has 0 aliphatic rings. The van der Waals surface area contributed by atoms with Crippen molar-refractivity contribution in [2.45, 2.75) is 0 Å². The Bertz CT molecular complexity index is 1200. The molecule has 3 heterocycles. The summed E-state index contributed by atoms with van der Waals surface area (Å²) in [5.41, 5.74) is 2.56. The molecule has 1 aromatic carbocycles. The summed E-state index contributed by atoms with van der Waals surface area (Å²) in [6.45, 7) is 0. The number of H-pyrrole nitrogens is 1. The molecule has 0 atom stereocenters. The lowest BCUT2D eigenvalue weighted by molar-refractivity contribution is 0.102. The topological polar surface area (TPSA) is 99.8 Å². The maximum Gasteiger partial charge on any atom is 0.273 e. The molecular formula is C22H17N5O2. The molecule has 0 aliphatic heterocycles. The van der Waals surface area contributed by atoms with Gasteiger partial charge in [0.05, 0.1) is 0 Å². The summed E-state index contributed by atoms with van der Waals surface area (Å²) < 4.78 is 0. The molecule has 29 heavy (non-hydrogen) atoms. The number of anilines is 3. The second-order valence-corrected chi connectivity index (χ2v) is 6.23. The van der Waals surface area contributed by atoms with Gasteiger partial charge in [0.25, 0.3) is 5.91 Å². The molecule has 7 nitrogen and oxygen atoms in total. The molecule has 0 fully saturated rings. The van der Waals surface area contributed by atoms with Crippen molar-refractivity contribution >= 4 is 23.2 Å². The second kappa shape index (κ2) is 8.18. The van der Waals surface area contributed by atoms with E-state index >= 15 is 0 Å². The minimum Gasteiger partial charge on any atom is -0.340 e. The number of hydrogen-bond acceptors (Lipinski definition) is 5. The van der Waals surface area contributed by atoms with Gasteiger partial charge in [0.2, 0.25) is 5.56 Å². The van der Waals surface area contributed by atoms with Crippen LogP contribution in [-0.4, -0.2) is 20.9 Å². The number of carbonyl (C=O) groups is 1. The monoisotopic (exact) mass is 383 g/mol. The van der Waals surface area contributed by atoms with Crippen molar-refractivity contribution in [1.29, 1.82) is 0 Å². The minimum absolute atomic E-state index is 0.169. The second-order valence-electron chi connectivity index (χ2n) is 6.23. The molecule has 3 N–H and O–H groups in total. The van der Waals surface area contributed by atoms with Crippen molar-refractivity contribution in [3.05, 3.63) is 101 Å². The number of hydrogen-bond donors (Lipinski definition) is 3. The number of pyridine rings is 3. The standard InChI is InChI=1S/C22H17N5O2/c28-21-8-4-7-18(26-21)22(29)27-20-14-16(10-12-24-20)15-9-11-23-19(13-15)25-17-5-2-1-3-6-17/h1-14H,(H,23,25)(H,26,28)(H,24,27,29). The first kappa shape index (κ1) is 18.1. The van der Waals surface area contributed by atoms with E-state index in [2.05, 4.69) is 25.6 Å². The highest BCUT2D eigenvalue weighted by molar-refractivity contribution is 6.02. The predicted molar refractivity (Wildman–Crippen MR) is 112 cm³/mol. The van der Waals surface area contributed by atoms with E-state index in [1.165, 1.54) is 18.2 Å². The highest BCUT2D eigenvalue weighted by Gasteiger charge is 2.09. The summed E-state index contributed by atoms with van der Waals surface area (Å²) >= 11 is 0. The third-order valence-corrected chi connectivity index (χ3v) is 4.15. The predicted octanol–water partition coefficient (Wildman–Crippen LogP) is 3.83. The first-order valence-electron chi connectivity index (χ1n) is 8.93. The van der Waals surface area contributed by atoms with Crippen LogP contribution in [0.4, 0.5) is 17.3 Å². The zero-order valence-corrected chi connectivity index (χ0v) is 15.3. The van der Waals surface area contributed by atoms with Crippen molar-refractivity contribution in [1.82, 2.24) is 15.0 Å². The molecule has 3 aromatic heterocycles. The number of nitrogens with one attached hydrogen (secondary N) is 3. The Morgan fingerprint density at radius 3 is 2.21 bits per heavy atom. The van der Waals surface area contributed by atoms with Gasteiger partial charge >= 0.3 is 0 Å². The summed E-state index contributed by atoms with van der Waals surface area (Å²) in [4.78, 5) is 34.7. The fraction of sp³-hybridized carbons (Fsp3) is 0. The van der Waals surface area contributed by atoms with Gasteiger partial charge < -0.3 is 15.6 Å². The molecule has 0 bridgehead atoms. The Labute approximate surface area is 166 Å². The van der Waals surface area contributed by atoms with Gasteiger partial charge in [-0.15, -0.1) is 0 Å². The fourth-order valence-corrected chi connectivity index (χ4v) is 2.79. The first-order valence-corrected chi connectivity index (χ1v) is 8.93. The van der Waals surface area contributed by atoms with Gasteiger partial charge in [-0.25, -0.2) is 9.97 Å². The van der Waals surface area contributed by atoms with Crippen molar-refractivity contribution in [3.63, 3.8) is 0 Å². The van der Waals surface area contributed by atoms with Gasteiger partial charge in [-0.2, -0.15) is 0 Å². The number of rotatable bonds is 5. The Kier molecular flexibility index (Phi) is 5.11. The van der Waals surface area contributed by atoms with Gasteiger partial charge in [0.1, 0.15) is 17.3 Å². The zero-order chi connectivity index (χ0) is 20.1.